The van der Waals surface area contributed by atoms with Crippen LogP contribution in [0.1, 0.15) is 33.6 Å². The number of aromatic nitrogens is 2. The van der Waals surface area contributed by atoms with E-state index in [1.807, 2.05) is 91.0 Å². The zero-order valence-electron chi connectivity index (χ0n) is 31.8. The molecular formula is C44H36N6O7S3. The van der Waals surface area contributed by atoms with Crippen LogP contribution in [-0.2, 0) is 40.1 Å². The zero-order chi connectivity index (χ0) is 42.1. The van der Waals surface area contributed by atoms with Crippen molar-refractivity contribution in [2.45, 2.75) is 22.4 Å². The quantitative estimate of drug-likeness (QED) is 0.0570. The van der Waals surface area contributed by atoms with Gasteiger partial charge in [0.25, 0.3) is 11.8 Å². The molecule has 13 nitrogen and oxygen atoms in total. The number of nitrogen functional groups attached to an aromatic ring is 1. The zero-order valence-corrected chi connectivity index (χ0v) is 34.2. The van der Waals surface area contributed by atoms with Crippen LogP contribution in [0.4, 0.5) is 5.13 Å². The maximum atomic E-state index is 14.5. The predicted octanol–water partition coefficient (Wildman–Crippen LogP) is 5.56. The number of amides is 2. The SMILES string of the molecule is CS(=O)(=O)C1=C(C(C(=O)O)(c2ccccc2)c2ccccc2)N2C(=O)[C@@H](NC(=O)/C(=N\OC(c3ccccc3)(c3ccccc3)c3ccccc3)c3nsc(N)n3)[C@@H]2SC1. The molecule has 1 fully saturated rings. The summed E-state index contributed by atoms with van der Waals surface area (Å²) in [6.07, 6.45) is 0.991. The molecule has 2 atom stereocenters. The number of carbonyl (C=O) groups is 3. The topological polar surface area (TPSA) is 194 Å². The van der Waals surface area contributed by atoms with Gasteiger partial charge in [0.05, 0.1) is 10.6 Å². The molecule has 0 aliphatic carbocycles. The number of anilines is 1. The minimum Gasteiger partial charge on any atom is -0.480 e. The summed E-state index contributed by atoms with van der Waals surface area (Å²) >= 11 is 1.92. The molecule has 1 saturated heterocycles. The Morgan fingerprint density at radius 1 is 0.800 bits per heavy atom. The Bertz CT molecular complexity index is 2600. The highest BCUT2D eigenvalue weighted by Crippen LogP contribution is 2.52. The highest BCUT2D eigenvalue weighted by atomic mass is 32.2. The van der Waals surface area contributed by atoms with Gasteiger partial charge < -0.3 is 21.0 Å². The highest BCUT2D eigenvalue weighted by Gasteiger charge is 2.61. The van der Waals surface area contributed by atoms with Crippen LogP contribution in [0.25, 0.3) is 0 Å². The third-order valence-electron chi connectivity index (χ3n) is 10.4. The summed E-state index contributed by atoms with van der Waals surface area (Å²) in [5.74, 6) is -3.33. The number of hydrogen-bond acceptors (Lipinski definition) is 12. The number of carboxylic acids is 1. The predicted molar refractivity (Wildman–Crippen MR) is 229 cm³/mol. The van der Waals surface area contributed by atoms with Gasteiger partial charge in [-0.1, -0.05) is 157 Å². The van der Waals surface area contributed by atoms with Crippen LogP contribution in [0.15, 0.2) is 167 Å². The monoisotopic (exact) mass is 856 g/mol. The Labute approximate surface area is 353 Å². The van der Waals surface area contributed by atoms with Crippen molar-refractivity contribution in [3.05, 3.63) is 196 Å². The number of nitrogens with zero attached hydrogens (tertiary/aromatic N) is 4. The lowest BCUT2D eigenvalue weighted by Gasteiger charge is -2.54. The molecule has 0 unspecified atom stereocenters. The van der Waals surface area contributed by atoms with Crippen molar-refractivity contribution in [3.8, 4) is 0 Å². The number of nitrogens with two attached hydrogens (primary N) is 1. The number of oxime groups is 1. The Balaban J connectivity index is 1.21. The summed E-state index contributed by atoms with van der Waals surface area (Å²) in [6.45, 7) is 0. The second-order valence-corrected chi connectivity index (χ2v) is 17.9. The first-order valence-electron chi connectivity index (χ1n) is 18.5. The number of sulfone groups is 1. The molecule has 1 aromatic heterocycles. The van der Waals surface area contributed by atoms with E-state index in [1.54, 1.807) is 60.7 Å². The van der Waals surface area contributed by atoms with Crippen molar-refractivity contribution in [1.29, 1.82) is 0 Å². The number of hydrogen-bond donors (Lipinski definition) is 3. The van der Waals surface area contributed by atoms with Gasteiger partial charge in [0.2, 0.25) is 17.1 Å². The van der Waals surface area contributed by atoms with Gasteiger partial charge in [-0.25, -0.2) is 8.42 Å². The third-order valence-corrected chi connectivity index (χ3v) is 13.7. The standard InChI is InChI=1S/C44H36N6O7S3/c1-60(55,56)33-27-58-40-35(39(52)50(40)36(33)43(41(53)54,28-17-7-2-8-18-28)29-19-9-3-10-20-29)46-38(51)34(37-47-42(45)59-49-37)48-57-44(30-21-11-4-12-22-30,31-23-13-5-14-24-31)32-25-15-6-16-26-32/h2-26,35,40H,27H2,1H3,(H,46,51)(H,53,54)(H2,45,47,49)/b48-34-/t35-,40+/m1/s1. The van der Waals surface area contributed by atoms with E-state index in [4.69, 9.17) is 10.6 Å². The first-order valence-corrected chi connectivity index (χ1v) is 22.2. The number of benzene rings is 5. The molecule has 3 heterocycles. The van der Waals surface area contributed by atoms with Crippen LogP contribution in [0.3, 0.4) is 0 Å². The molecule has 2 aliphatic rings. The maximum absolute atomic E-state index is 14.5. The van der Waals surface area contributed by atoms with Gasteiger partial charge in [0.15, 0.2) is 20.4 Å². The number of thioether (sulfide) groups is 1. The molecule has 302 valence electrons. The second kappa shape index (κ2) is 16.2. The Hall–Kier alpha value is -6.62. The van der Waals surface area contributed by atoms with Crippen molar-refractivity contribution >= 4 is 61.8 Å². The van der Waals surface area contributed by atoms with E-state index in [2.05, 4.69) is 19.8 Å². The fourth-order valence-corrected chi connectivity index (χ4v) is 11.0. The normalized spacial score (nSPS) is 17.1. The molecule has 0 saturated carbocycles. The maximum Gasteiger partial charge on any atom is 0.324 e. The van der Waals surface area contributed by atoms with Gasteiger partial charge in [-0.3, -0.25) is 19.3 Å². The molecule has 60 heavy (non-hydrogen) atoms. The second-order valence-electron chi connectivity index (χ2n) is 14.0. The molecule has 16 heteroatoms. The molecule has 4 N–H and O–H groups in total. The summed E-state index contributed by atoms with van der Waals surface area (Å²) in [4.78, 5) is 54.7. The van der Waals surface area contributed by atoms with E-state index >= 15 is 0 Å². The van der Waals surface area contributed by atoms with Gasteiger partial charge in [-0.15, -0.1) is 11.8 Å². The van der Waals surface area contributed by atoms with Crippen LogP contribution in [0.2, 0.25) is 0 Å². The Morgan fingerprint density at radius 3 is 1.65 bits per heavy atom. The molecule has 5 aromatic carbocycles. The van der Waals surface area contributed by atoms with Gasteiger partial charge in [-0.2, -0.15) is 9.36 Å². The minimum absolute atomic E-state index is 0.0505. The first-order chi connectivity index (χ1) is 29.0. The van der Waals surface area contributed by atoms with Gasteiger partial charge in [-0.05, 0) is 11.1 Å². The van der Waals surface area contributed by atoms with Crippen LogP contribution >= 0.6 is 23.3 Å². The summed E-state index contributed by atoms with van der Waals surface area (Å²) < 4.78 is 31.4. The van der Waals surface area contributed by atoms with Gasteiger partial charge in [0.1, 0.15) is 11.4 Å². The van der Waals surface area contributed by atoms with Crippen LogP contribution in [-0.4, -0.2) is 74.7 Å². The van der Waals surface area contributed by atoms with Crippen LogP contribution in [0, 0.1) is 0 Å². The number of carboxylic acid groups (broad SMARTS) is 1. The summed E-state index contributed by atoms with van der Waals surface area (Å²) in [7, 11) is -4.08. The van der Waals surface area contributed by atoms with Crippen LogP contribution < -0.4 is 11.1 Å². The van der Waals surface area contributed by atoms with E-state index in [9.17, 15) is 27.9 Å². The van der Waals surface area contributed by atoms with E-state index < -0.39 is 50.1 Å². The molecule has 2 amide bonds. The molecule has 0 radical (unpaired) electrons. The minimum atomic E-state index is -4.08. The number of β-lactam (4-membered cyclic amide) rings is 1. The van der Waals surface area contributed by atoms with Crippen molar-refractivity contribution in [2.75, 3.05) is 17.7 Å². The lowest BCUT2D eigenvalue weighted by molar-refractivity contribution is -0.148. The first kappa shape index (κ1) is 40.2. The highest BCUT2D eigenvalue weighted by molar-refractivity contribution is 8.02. The average molecular weight is 857 g/mol. The number of aliphatic carboxylic acids is 1. The van der Waals surface area contributed by atoms with E-state index in [0.29, 0.717) is 16.7 Å². The number of carbonyl (C=O) groups excluding carboxylic acids is 2. The molecule has 0 bridgehead atoms. The molecule has 6 aromatic rings. The molecular weight excluding hydrogens is 821 g/mol. The lowest BCUT2D eigenvalue weighted by atomic mass is 9.70. The lowest BCUT2D eigenvalue weighted by Crippen LogP contribution is -2.72. The third kappa shape index (κ3) is 6.91. The van der Waals surface area contributed by atoms with Crippen molar-refractivity contribution in [2.24, 2.45) is 5.16 Å². The Morgan fingerprint density at radius 2 is 1.25 bits per heavy atom. The summed E-state index contributed by atoms with van der Waals surface area (Å²) in [6, 6.07) is 43.2. The molecule has 0 spiro atoms. The van der Waals surface area contributed by atoms with E-state index in [0.717, 1.165) is 29.6 Å². The van der Waals surface area contributed by atoms with Crippen molar-refractivity contribution < 1.29 is 32.7 Å². The average Bonchev–Trinajstić information content (AvgIpc) is 3.70. The number of nitrogens with one attached hydrogen (secondary N) is 1. The summed E-state index contributed by atoms with van der Waals surface area (Å²) in [5, 5.41) is 17.7. The molecule has 8 rings (SSSR count). The fourth-order valence-electron chi connectivity index (χ4n) is 7.72. The summed E-state index contributed by atoms with van der Waals surface area (Å²) in [5.41, 5.74) is 4.43. The van der Waals surface area contributed by atoms with Gasteiger partial charge in [0, 0.05) is 40.2 Å². The van der Waals surface area contributed by atoms with E-state index in [1.165, 1.54) is 4.90 Å². The largest absolute Gasteiger partial charge is 0.480 e. The van der Waals surface area contributed by atoms with Crippen LogP contribution in [0.5, 0.6) is 0 Å². The Kier molecular flexibility index (Phi) is 10.8. The molecule has 2 aliphatic heterocycles. The van der Waals surface area contributed by atoms with Crippen molar-refractivity contribution in [3.63, 3.8) is 0 Å². The van der Waals surface area contributed by atoms with E-state index in [-0.39, 0.29) is 44.1 Å². The smallest absolute Gasteiger partial charge is 0.324 e. The van der Waals surface area contributed by atoms with Crippen molar-refractivity contribution in [1.82, 2.24) is 19.6 Å². The number of rotatable bonds is 13. The number of fused-ring (bicyclic) bond motifs is 1. The van der Waals surface area contributed by atoms with Gasteiger partial charge >= 0.3 is 5.97 Å². The fraction of sp³-hybridized carbons (Fsp3) is 0.136.